The van der Waals surface area contributed by atoms with Gasteiger partial charge in [0.25, 0.3) is 0 Å². The molecular weight excluding hydrogens is 418 g/mol. The largest absolute Gasteiger partial charge is 0.488 e. The fourth-order valence-electron chi connectivity index (χ4n) is 3.33. The number of carbonyl (C=O) groups excluding carboxylic acids is 2. The maximum atomic E-state index is 13.8. The van der Waals surface area contributed by atoms with E-state index in [4.69, 9.17) is 9.47 Å². The second-order valence-corrected chi connectivity index (χ2v) is 7.11. The molecule has 0 atom stereocenters. The molecule has 0 spiro atoms. The maximum Gasteiger partial charge on any atom is 0.337 e. The number of Topliss-reactive ketones (excluding diaryl/α,β-unsaturated/α-hetero) is 1. The predicted octanol–water partition coefficient (Wildman–Crippen LogP) is 5.26. The van der Waals surface area contributed by atoms with Crippen LogP contribution in [0.15, 0.2) is 60.4 Å². The number of fused-ring (bicyclic) bond motifs is 1. The Kier molecular flexibility index (Phi) is 5.73. The van der Waals surface area contributed by atoms with E-state index in [2.05, 4.69) is 4.74 Å². The number of methoxy groups -OCH3 is 1. The molecule has 0 saturated heterocycles. The third-order valence-electron chi connectivity index (χ3n) is 5.10. The van der Waals surface area contributed by atoms with Crippen LogP contribution < -0.4 is 9.47 Å². The van der Waals surface area contributed by atoms with Crippen molar-refractivity contribution in [2.45, 2.75) is 13.5 Å². The van der Waals surface area contributed by atoms with Gasteiger partial charge in [-0.05, 0) is 55.0 Å². The van der Waals surface area contributed by atoms with Crippen molar-refractivity contribution in [2.24, 2.45) is 0 Å². The molecule has 0 bridgehead atoms. The van der Waals surface area contributed by atoms with Gasteiger partial charge in [-0.3, -0.25) is 4.79 Å². The van der Waals surface area contributed by atoms with E-state index in [-0.39, 0.29) is 23.7 Å². The maximum absolute atomic E-state index is 13.8. The number of ether oxygens (including phenoxy) is 3. The molecule has 0 amide bonds. The highest BCUT2D eigenvalue weighted by Gasteiger charge is 2.30. The number of halogens is 2. The van der Waals surface area contributed by atoms with E-state index >= 15 is 0 Å². The number of carbonyl (C=O) groups is 2. The Labute approximate surface area is 182 Å². The summed E-state index contributed by atoms with van der Waals surface area (Å²) in [4.78, 5) is 24.3. The molecule has 0 aliphatic carbocycles. The van der Waals surface area contributed by atoms with Gasteiger partial charge in [0.05, 0.1) is 23.8 Å². The SMILES string of the molecule is COC(=O)c1ccc(/C=C2\Oc3c(ccc(OCc4c(F)cccc4F)c3C)C2=O)cc1. The van der Waals surface area contributed by atoms with Crippen LogP contribution >= 0.6 is 0 Å². The molecular formula is C25H18F2O5. The molecule has 5 nitrogen and oxygen atoms in total. The summed E-state index contributed by atoms with van der Waals surface area (Å²) in [6.07, 6.45) is 1.57. The molecule has 1 aliphatic heterocycles. The molecule has 4 rings (SSSR count). The Balaban J connectivity index is 1.55. The first-order chi connectivity index (χ1) is 15.4. The van der Waals surface area contributed by atoms with E-state index < -0.39 is 17.6 Å². The van der Waals surface area contributed by atoms with Gasteiger partial charge >= 0.3 is 5.97 Å². The van der Waals surface area contributed by atoms with Crippen LogP contribution in [0.3, 0.4) is 0 Å². The second kappa shape index (κ2) is 8.63. The molecule has 0 saturated carbocycles. The number of benzene rings is 3. The van der Waals surface area contributed by atoms with E-state index in [1.807, 2.05) is 0 Å². The van der Waals surface area contributed by atoms with Gasteiger partial charge in [-0.15, -0.1) is 0 Å². The van der Waals surface area contributed by atoms with Gasteiger partial charge < -0.3 is 14.2 Å². The van der Waals surface area contributed by atoms with Gasteiger partial charge in [0.15, 0.2) is 5.76 Å². The van der Waals surface area contributed by atoms with Crippen LogP contribution in [0, 0.1) is 18.6 Å². The molecule has 0 fully saturated rings. The summed E-state index contributed by atoms with van der Waals surface area (Å²) in [7, 11) is 1.30. The smallest absolute Gasteiger partial charge is 0.337 e. The molecule has 3 aromatic carbocycles. The lowest BCUT2D eigenvalue weighted by Crippen LogP contribution is -2.03. The Morgan fingerprint density at radius 2 is 1.72 bits per heavy atom. The summed E-state index contributed by atoms with van der Waals surface area (Å²) < 4.78 is 43.8. The highest BCUT2D eigenvalue weighted by atomic mass is 19.1. The summed E-state index contributed by atoms with van der Waals surface area (Å²) in [5.74, 6) is -1.35. The van der Waals surface area contributed by atoms with Crippen molar-refractivity contribution in [2.75, 3.05) is 7.11 Å². The number of rotatable bonds is 5. The first-order valence-corrected chi connectivity index (χ1v) is 9.71. The van der Waals surface area contributed by atoms with Crippen LogP contribution in [0.1, 0.15) is 37.4 Å². The molecule has 162 valence electrons. The van der Waals surface area contributed by atoms with Crippen LogP contribution in [-0.2, 0) is 11.3 Å². The molecule has 0 radical (unpaired) electrons. The molecule has 7 heteroatoms. The van der Waals surface area contributed by atoms with E-state index in [0.717, 1.165) is 12.1 Å². The Bertz CT molecular complexity index is 1230. The fourth-order valence-corrected chi connectivity index (χ4v) is 3.33. The van der Waals surface area contributed by atoms with Crippen LogP contribution in [0.25, 0.3) is 6.08 Å². The average molecular weight is 436 g/mol. The van der Waals surface area contributed by atoms with Gasteiger partial charge in [-0.2, -0.15) is 0 Å². The summed E-state index contributed by atoms with van der Waals surface area (Å²) in [5, 5.41) is 0. The minimum atomic E-state index is -0.696. The standard InChI is InChI=1S/C25H18F2O5/c1-14-21(31-13-18-19(26)4-3-5-20(18)27)11-10-17-23(28)22(32-24(14)17)12-15-6-8-16(9-7-15)25(29)30-2/h3-12H,13H2,1-2H3/b22-12-. The third-order valence-corrected chi connectivity index (χ3v) is 5.10. The molecule has 0 N–H and O–H groups in total. The van der Waals surface area contributed by atoms with Crippen LogP contribution in [-0.4, -0.2) is 18.9 Å². The van der Waals surface area contributed by atoms with Gasteiger partial charge in [0.2, 0.25) is 5.78 Å². The average Bonchev–Trinajstić information content (AvgIpc) is 3.11. The van der Waals surface area contributed by atoms with Crippen molar-refractivity contribution in [1.82, 2.24) is 0 Å². The monoisotopic (exact) mass is 436 g/mol. The predicted molar refractivity (Wildman–Crippen MR) is 113 cm³/mol. The Hall–Kier alpha value is -4.00. The van der Waals surface area contributed by atoms with E-state index in [1.54, 1.807) is 49.4 Å². The van der Waals surface area contributed by atoms with Gasteiger partial charge in [-0.25, -0.2) is 13.6 Å². The van der Waals surface area contributed by atoms with Crippen LogP contribution in [0.5, 0.6) is 11.5 Å². The zero-order valence-corrected chi connectivity index (χ0v) is 17.3. The minimum Gasteiger partial charge on any atom is -0.488 e. The quantitative estimate of drug-likeness (QED) is 0.404. The van der Waals surface area contributed by atoms with Gasteiger partial charge in [-0.1, -0.05) is 18.2 Å². The first kappa shape index (κ1) is 21.2. The topological polar surface area (TPSA) is 61.8 Å². The van der Waals surface area contributed by atoms with Crippen molar-refractivity contribution in [3.8, 4) is 11.5 Å². The molecule has 1 aliphatic rings. The second-order valence-electron chi connectivity index (χ2n) is 7.11. The number of ketones is 1. The zero-order valence-electron chi connectivity index (χ0n) is 17.3. The molecule has 0 unspecified atom stereocenters. The summed E-state index contributed by atoms with van der Waals surface area (Å²) in [5.41, 5.74) is 1.78. The van der Waals surface area contributed by atoms with Crippen molar-refractivity contribution >= 4 is 17.8 Å². The summed E-state index contributed by atoms with van der Waals surface area (Å²) >= 11 is 0. The van der Waals surface area contributed by atoms with E-state index in [1.165, 1.54) is 13.2 Å². The zero-order chi connectivity index (χ0) is 22.8. The lowest BCUT2D eigenvalue weighted by molar-refractivity contribution is 0.0600. The lowest BCUT2D eigenvalue weighted by atomic mass is 10.1. The molecule has 32 heavy (non-hydrogen) atoms. The van der Waals surface area contributed by atoms with Crippen LogP contribution in [0.4, 0.5) is 8.78 Å². The number of allylic oxidation sites excluding steroid dienone is 1. The summed E-state index contributed by atoms with van der Waals surface area (Å²) in [6.45, 7) is 1.40. The normalized spacial score (nSPS) is 13.6. The van der Waals surface area contributed by atoms with Crippen LogP contribution in [0.2, 0.25) is 0 Å². The van der Waals surface area contributed by atoms with Crippen molar-refractivity contribution < 1.29 is 32.6 Å². The van der Waals surface area contributed by atoms with Crippen molar-refractivity contribution in [3.63, 3.8) is 0 Å². The summed E-state index contributed by atoms with van der Waals surface area (Å²) in [6, 6.07) is 13.2. The fraction of sp³-hybridized carbons (Fsp3) is 0.120. The molecule has 3 aromatic rings. The molecule has 1 heterocycles. The van der Waals surface area contributed by atoms with Gasteiger partial charge in [0.1, 0.15) is 29.7 Å². The Morgan fingerprint density at radius 3 is 2.38 bits per heavy atom. The van der Waals surface area contributed by atoms with E-state index in [0.29, 0.717) is 33.8 Å². The van der Waals surface area contributed by atoms with Crippen molar-refractivity contribution in [1.29, 1.82) is 0 Å². The first-order valence-electron chi connectivity index (χ1n) is 9.71. The molecule has 0 aromatic heterocycles. The third kappa shape index (κ3) is 3.97. The highest BCUT2D eigenvalue weighted by molar-refractivity contribution is 6.15. The Morgan fingerprint density at radius 1 is 1.03 bits per heavy atom. The minimum absolute atomic E-state index is 0.117. The lowest BCUT2D eigenvalue weighted by Gasteiger charge is -2.12. The number of esters is 1. The van der Waals surface area contributed by atoms with Crippen molar-refractivity contribution in [3.05, 3.63) is 99.8 Å². The number of hydrogen-bond donors (Lipinski definition) is 0. The highest BCUT2D eigenvalue weighted by Crippen LogP contribution is 2.39. The van der Waals surface area contributed by atoms with E-state index in [9.17, 15) is 18.4 Å². The van der Waals surface area contributed by atoms with Gasteiger partial charge in [0, 0.05) is 5.56 Å². The number of hydrogen-bond acceptors (Lipinski definition) is 5.